The average molecular weight is 205 g/mol. The maximum atomic E-state index is 9.16. The fourth-order valence-electron chi connectivity index (χ4n) is 1.71. The quantitative estimate of drug-likeness (QED) is 0.800. The van der Waals surface area contributed by atoms with Crippen molar-refractivity contribution in [2.45, 2.75) is 25.9 Å². The molecule has 0 spiro atoms. The molecule has 0 saturated heterocycles. The molecule has 1 atom stereocenters. The lowest BCUT2D eigenvalue weighted by Gasteiger charge is -2.17. The Kier molecular flexibility index (Phi) is 2.49. The number of oxime groups is 1. The van der Waals surface area contributed by atoms with Crippen molar-refractivity contribution >= 4 is 5.71 Å². The van der Waals surface area contributed by atoms with Crippen LogP contribution in [0, 0.1) is 6.92 Å². The minimum absolute atomic E-state index is 0.00805. The molecule has 0 saturated carbocycles. The Bertz CT molecular complexity index is 400. The third-order valence-corrected chi connectivity index (χ3v) is 2.71. The van der Waals surface area contributed by atoms with E-state index in [1.165, 1.54) is 5.56 Å². The first-order valence-corrected chi connectivity index (χ1v) is 5.06. The first kappa shape index (κ1) is 10.2. The number of hydrogen-bond donors (Lipinski definition) is 1. The summed E-state index contributed by atoms with van der Waals surface area (Å²) in [6, 6.07) is 8.06. The van der Waals surface area contributed by atoms with Gasteiger partial charge in [0, 0.05) is 12.0 Å². The largest absolute Gasteiger partial charge is 0.392 e. The molecular formula is C12H15NO2. The van der Waals surface area contributed by atoms with Crippen LogP contribution in [-0.2, 0) is 4.84 Å². The van der Waals surface area contributed by atoms with E-state index >= 15 is 0 Å². The first-order valence-electron chi connectivity index (χ1n) is 5.06. The van der Waals surface area contributed by atoms with Crippen molar-refractivity contribution in [3.8, 4) is 0 Å². The summed E-state index contributed by atoms with van der Waals surface area (Å²) >= 11 is 0. The van der Waals surface area contributed by atoms with Crippen LogP contribution < -0.4 is 0 Å². The van der Waals surface area contributed by atoms with Gasteiger partial charge in [0.1, 0.15) is 0 Å². The molecular weight excluding hydrogens is 190 g/mol. The molecule has 2 rings (SSSR count). The van der Waals surface area contributed by atoms with Crippen LogP contribution in [0.5, 0.6) is 0 Å². The molecule has 0 aromatic heterocycles. The van der Waals surface area contributed by atoms with Crippen molar-refractivity contribution in [3.63, 3.8) is 0 Å². The third-order valence-electron chi connectivity index (χ3n) is 2.71. The number of nitrogens with zero attached hydrogens (tertiary/aromatic N) is 1. The van der Waals surface area contributed by atoms with Gasteiger partial charge >= 0.3 is 0 Å². The van der Waals surface area contributed by atoms with Gasteiger partial charge in [0.2, 0.25) is 0 Å². The first-order chi connectivity index (χ1) is 7.14. The summed E-state index contributed by atoms with van der Waals surface area (Å²) in [6.45, 7) is 3.90. The van der Waals surface area contributed by atoms with Crippen molar-refractivity contribution in [3.05, 3.63) is 35.4 Å². The number of hydrogen-bond acceptors (Lipinski definition) is 3. The van der Waals surface area contributed by atoms with Crippen LogP contribution in [0.4, 0.5) is 0 Å². The molecule has 0 bridgehead atoms. The Morgan fingerprint density at radius 1 is 1.47 bits per heavy atom. The Balaban J connectivity index is 2.25. The lowest BCUT2D eigenvalue weighted by atomic mass is 9.94. The predicted octanol–water partition coefficient (Wildman–Crippen LogP) is 1.87. The number of aliphatic hydroxyl groups excluding tert-OH is 1. The van der Waals surface area contributed by atoms with Crippen LogP contribution in [0.3, 0.4) is 0 Å². The molecule has 0 aliphatic carbocycles. The molecule has 1 aromatic rings. The highest BCUT2D eigenvalue weighted by Gasteiger charge is 2.34. The lowest BCUT2D eigenvalue weighted by Crippen LogP contribution is -2.29. The zero-order chi connectivity index (χ0) is 10.9. The Morgan fingerprint density at radius 3 is 2.80 bits per heavy atom. The highest BCUT2D eigenvalue weighted by molar-refractivity contribution is 6.02. The number of benzene rings is 1. The summed E-state index contributed by atoms with van der Waals surface area (Å²) in [5, 5.41) is 13.2. The fraction of sp³-hybridized carbons (Fsp3) is 0.417. The van der Waals surface area contributed by atoms with Crippen molar-refractivity contribution in [1.29, 1.82) is 0 Å². The molecule has 80 valence electrons. The second-order valence-corrected chi connectivity index (χ2v) is 4.23. The van der Waals surface area contributed by atoms with E-state index in [0.29, 0.717) is 6.42 Å². The van der Waals surface area contributed by atoms with Gasteiger partial charge in [-0.2, -0.15) is 0 Å². The summed E-state index contributed by atoms with van der Waals surface area (Å²) in [4.78, 5) is 5.25. The number of aryl methyl sites for hydroxylation is 1. The van der Waals surface area contributed by atoms with Gasteiger partial charge in [-0.3, -0.25) is 0 Å². The average Bonchev–Trinajstić information content (AvgIpc) is 2.63. The summed E-state index contributed by atoms with van der Waals surface area (Å²) in [5.74, 6) is 0. The minimum atomic E-state index is -0.544. The van der Waals surface area contributed by atoms with Gasteiger partial charge in [-0.05, 0) is 19.4 Å². The van der Waals surface area contributed by atoms with Crippen LogP contribution in [0.15, 0.2) is 29.4 Å². The molecule has 1 aliphatic heterocycles. The summed E-state index contributed by atoms with van der Waals surface area (Å²) in [7, 11) is 0. The fourth-order valence-corrected chi connectivity index (χ4v) is 1.71. The SMILES string of the molecule is Cc1ccccc1C1=NOC(C)(CO)C1. The highest BCUT2D eigenvalue weighted by atomic mass is 16.7. The molecule has 0 fully saturated rings. The number of rotatable bonds is 2. The van der Waals surface area contributed by atoms with Gasteiger partial charge in [0.25, 0.3) is 0 Å². The standard InChI is InChI=1S/C12H15NO2/c1-9-5-3-4-6-10(9)11-7-12(2,8-14)15-13-11/h3-6,14H,7-8H2,1-2H3. The van der Waals surface area contributed by atoms with Gasteiger partial charge in [-0.1, -0.05) is 29.4 Å². The van der Waals surface area contributed by atoms with E-state index in [1.54, 1.807) is 0 Å². The smallest absolute Gasteiger partial charge is 0.163 e. The molecule has 1 N–H and O–H groups in total. The van der Waals surface area contributed by atoms with Gasteiger partial charge in [0.05, 0.1) is 12.3 Å². The topological polar surface area (TPSA) is 41.8 Å². The Labute approximate surface area is 89.4 Å². The van der Waals surface area contributed by atoms with Crippen molar-refractivity contribution < 1.29 is 9.94 Å². The zero-order valence-corrected chi connectivity index (χ0v) is 9.03. The third kappa shape index (κ3) is 1.88. The molecule has 1 unspecified atom stereocenters. The van der Waals surface area contributed by atoms with Crippen molar-refractivity contribution in [1.82, 2.24) is 0 Å². The van der Waals surface area contributed by atoms with Gasteiger partial charge < -0.3 is 9.94 Å². The Hall–Kier alpha value is -1.35. The lowest BCUT2D eigenvalue weighted by molar-refractivity contribution is -0.0428. The van der Waals surface area contributed by atoms with E-state index in [4.69, 9.17) is 9.94 Å². The predicted molar refractivity (Wildman–Crippen MR) is 58.9 cm³/mol. The van der Waals surface area contributed by atoms with Gasteiger partial charge in [-0.15, -0.1) is 0 Å². The van der Waals surface area contributed by atoms with Crippen LogP contribution in [0.2, 0.25) is 0 Å². The van der Waals surface area contributed by atoms with Crippen molar-refractivity contribution in [2.75, 3.05) is 6.61 Å². The van der Waals surface area contributed by atoms with Crippen LogP contribution in [0.1, 0.15) is 24.5 Å². The molecule has 3 nitrogen and oxygen atoms in total. The summed E-state index contributed by atoms with van der Waals surface area (Å²) in [5.41, 5.74) is 2.67. The van der Waals surface area contributed by atoms with Crippen molar-refractivity contribution in [2.24, 2.45) is 5.16 Å². The molecule has 1 aliphatic rings. The van der Waals surface area contributed by atoms with Crippen LogP contribution in [0.25, 0.3) is 0 Å². The molecule has 0 amide bonds. The second-order valence-electron chi connectivity index (χ2n) is 4.23. The van der Waals surface area contributed by atoms with Gasteiger partial charge in [-0.25, -0.2) is 0 Å². The number of aliphatic hydroxyl groups is 1. The highest BCUT2D eigenvalue weighted by Crippen LogP contribution is 2.26. The van der Waals surface area contributed by atoms with Gasteiger partial charge in [0.15, 0.2) is 5.60 Å². The van der Waals surface area contributed by atoms with E-state index in [9.17, 15) is 0 Å². The van der Waals surface area contributed by atoms with Crippen LogP contribution >= 0.6 is 0 Å². The summed E-state index contributed by atoms with van der Waals surface area (Å²) < 4.78 is 0. The van der Waals surface area contributed by atoms with Crippen LogP contribution in [-0.4, -0.2) is 23.0 Å². The minimum Gasteiger partial charge on any atom is -0.392 e. The second kappa shape index (κ2) is 3.66. The Morgan fingerprint density at radius 2 is 2.20 bits per heavy atom. The van der Waals surface area contributed by atoms with E-state index in [0.717, 1.165) is 11.3 Å². The molecule has 15 heavy (non-hydrogen) atoms. The van der Waals surface area contributed by atoms with E-state index < -0.39 is 5.60 Å². The van der Waals surface area contributed by atoms with E-state index in [1.807, 2.05) is 38.1 Å². The molecule has 1 heterocycles. The van der Waals surface area contributed by atoms with E-state index in [2.05, 4.69) is 5.16 Å². The van der Waals surface area contributed by atoms with E-state index in [-0.39, 0.29) is 6.61 Å². The maximum absolute atomic E-state index is 9.16. The maximum Gasteiger partial charge on any atom is 0.163 e. The molecule has 1 aromatic carbocycles. The summed E-state index contributed by atoms with van der Waals surface area (Å²) in [6.07, 6.45) is 0.661. The molecule has 3 heteroatoms. The molecule has 0 radical (unpaired) electrons. The monoisotopic (exact) mass is 205 g/mol. The zero-order valence-electron chi connectivity index (χ0n) is 9.03. The normalized spacial score (nSPS) is 24.9.